The fourth-order valence-electron chi connectivity index (χ4n) is 3.74. The lowest BCUT2D eigenvalue weighted by Crippen LogP contribution is -2.14. The van der Waals surface area contributed by atoms with E-state index in [0.29, 0.717) is 17.8 Å². The monoisotopic (exact) mass is 456 g/mol. The fraction of sp³-hybridized carbons (Fsp3) is 0.154. The van der Waals surface area contributed by atoms with E-state index >= 15 is 0 Å². The summed E-state index contributed by atoms with van der Waals surface area (Å²) in [5.41, 5.74) is 3.92. The van der Waals surface area contributed by atoms with Gasteiger partial charge in [-0.25, -0.2) is 9.48 Å². The number of phenols is 1. The van der Waals surface area contributed by atoms with Crippen molar-refractivity contribution in [2.75, 3.05) is 0 Å². The highest BCUT2D eigenvalue weighted by Crippen LogP contribution is 2.32. The van der Waals surface area contributed by atoms with Crippen LogP contribution in [0.25, 0.3) is 5.69 Å². The van der Waals surface area contributed by atoms with Gasteiger partial charge in [0.25, 0.3) is 5.56 Å². The Labute approximate surface area is 195 Å². The molecule has 0 spiro atoms. The number of carboxylic acid groups (broad SMARTS) is 1. The number of rotatable bonds is 7. The van der Waals surface area contributed by atoms with Gasteiger partial charge in [-0.05, 0) is 67.6 Å². The predicted molar refractivity (Wildman–Crippen MR) is 129 cm³/mol. The molecule has 0 saturated carbocycles. The van der Waals surface area contributed by atoms with Gasteiger partial charge in [0.15, 0.2) is 5.69 Å². The molecule has 172 valence electrons. The maximum Gasteiger partial charge on any atom is 0.335 e. The van der Waals surface area contributed by atoms with E-state index in [1.165, 1.54) is 27.9 Å². The minimum absolute atomic E-state index is 0.0301. The molecule has 8 nitrogen and oxygen atoms in total. The third-order valence-corrected chi connectivity index (χ3v) is 5.67. The number of H-pyrrole nitrogens is 1. The minimum Gasteiger partial charge on any atom is -0.505 e. The first-order chi connectivity index (χ1) is 16.3. The summed E-state index contributed by atoms with van der Waals surface area (Å²) in [4.78, 5) is 24.2. The second-order valence-corrected chi connectivity index (χ2v) is 7.99. The lowest BCUT2D eigenvalue weighted by Gasteiger charge is -2.08. The second-order valence-electron chi connectivity index (χ2n) is 7.99. The van der Waals surface area contributed by atoms with E-state index in [1.54, 1.807) is 31.2 Å². The number of aryl methyl sites for hydroxylation is 4. The summed E-state index contributed by atoms with van der Waals surface area (Å²) in [5, 5.41) is 31.0. The number of aromatic amines is 1. The Bertz CT molecular complexity index is 1450. The van der Waals surface area contributed by atoms with Crippen molar-refractivity contribution in [3.05, 3.63) is 105 Å². The van der Waals surface area contributed by atoms with Gasteiger partial charge in [-0.15, -0.1) is 10.2 Å². The topological polar surface area (TPSA) is 120 Å². The number of carbonyl (C=O) groups is 1. The number of hydrogen-bond acceptors (Lipinski definition) is 5. The molecule has 3 N–H and O–H groups in total. The molecule has 0 unspecified atom stereocenters. The summed E-state index contributed by atoms with van der Waals surface area (Å²) in [7, 11) is 0. The Hall–Kier alpha value is -4.46. The van der Waals surface area contributed by atoms with Gasteiger partial charge in [0, 0.05) is 0 Å². The minimum atomic E-state index is -1.09. The molecule has 0 amide bonds. The van der Waals surface area contributed by atoms with Crippen molar-refractivity contribution in [3.63, 3.8) is 0 Å². The molecule has 0 aliphatic rings. The number of aromatic carboxylic acids is 1. The molecule has 0 atom stereocenters. The molecule has 34 heavy (non-hydrogen) atoms. The van der Waals surface area contributed by atoms with Crippen LogP contribution in [0.5, 0.6) is 5.75 Å². The number of hydrogen-bond donors (Lipinski definition) is 3. The van der Waals surface area contributed by atoms with Crippen molar-refractivity contribution in [2.45, 2.75) is 26.7 Å². The van der Waals surface area contributed by atoms with Crippen molar-refractivity contribution in [2.24, 2.45) is 10.2 Å². The summed E-state index contributed by atoms with van der Waals surface area (Å²) in [6.07, 6.45) is 1.41. The molecule has 4 aromatic rings. The van der Waals surface area contributed by atoms with Crippen LogP contribution >= 0.6 is 0 Å². The number of azo groups is 1. The van der Waals surface area contributed by atoms with Crippen LogP contribution in [0.3, 0.4) is 0 Å². The summed E-state index contributed by atoms with van der Waals surface area (Å²) in [6.45, 7) is 3.73. The summed E-state index contributed by atoms with van der Waals surface area (Å²) in [5.74, 6) is -1.06. The van der Waals surface area contributed by atoms with E-state index < -0.39 is 11.5 Å². The first-order valence-corrected chi connectivity index (χ1v) is 10.8. The van der Waals surface area contributed by atoms with Gasteiger partial charge in [0.1, 0.15) is 11.4 Å². The number of benzene rings is 3. The maximum absolute atomic E-state index is 12.9. The van der Waals surface area contributed by atoms with Crippen molar-refractivity contribution in [1.82, 2.24) is 9.78 Å². The van der Waals surface area contributed by atoms with Gasteiger partial charge in [-0.3, -0.25) is 9.89 Å². The van der Waals surface area contributed by atoms with Crippen molar-refractivity contribution >= 4 is 17.3 Å². The Morgan fingerprint density at radius 3 is 2.41 bits per heavy atom. The van der Waals surface area contributed by atoms with E-state index in [9.17, 15) is 19.8 Å². The molecular weight excluding hydrogens is 432 g/mol. The van der Waals surface area contributed by atoms with Gasteiger partial charge in [0.05, 0.1) is 16.9 Å². The standard InChI is InChI=1S/C26H24N4O4/c1-16-7-3-4-8-18(16)13-14-19-9-6-12-22(24(19)31)27-28-23-17(2)29-30(25(23)32)21-11-5-10-20(15-21)26(33)34/h3-12,15,29,31H,13-14H2,1-2H3,(H,33,34). The Morgan fingerprint density at radius 1 is 0.941 bits per heavy atom. The van der Waals surface area contributed by atoms with Crippen molar-refractivity contribution < 1.29 is 15.0 Å². The lowest BCUT2D eigenvalue weighted by molar-refractivity contribution is 0.0697. The van der Waals surface area contributed by atoms with Crippen LogP contribution in [-0.4, -0.2) is 26.0 Å². The molecule has 4 rings (SSSR count). The van der Waals surface area contributed by atoms with E-state index in [1.807, 2.05) is 18.2 Å². The number of nitrogens with one attached hydrogen (secondary N) is 1. The van der Waals surface area contributed by atoms with E-state index in [2.05, 4.69) is 34.4 Å². The molecule has 0 bridgehead atoms. The number of aromatic nitrogens is 2. The first kappa shape index (κ1) is 22.7. The molecule has 1 aromatic heterocycles. The van der Waals surface area contributed by atoms with Gasteiger partial charge in [0.2, 0.25) is 0 Å². The average Bonchev–Trinajstić information content (AvgIpc) is 3.11. The van der Waals surface area contributed by atoms with Crippen LogP contribution in [0.15, 0.2) is 81.8 Å². The Kier molecular flexibility index (Phi) is 6.40. The molecule has 8 heteroatoms. The molecule has 0 radical (unpaired) electrons. The molecule has 0 fully saturated rings. The third kappa shape index (κ3) is 4.66. The SMILES string of the molecule is Cc1ccccc1CCc1cccc(N=Nc2c(C)[nH]n(-c3cccc(C(=O)O)c3)c2=O)c1O. The van der Waals surface area contributed by atoms with E-state index in [4.69, 9.17) is 0 Å². The fourth-order valence-corrected chi connectivity index (χ4v) is 3.74. The Morgan fingerprint density at radius 2 is 1.65 bits per heavy atom. The zero-order valence-corrected chi connectivity index (χ0v) is 18.8. The number of para-hydroxylation sites is 1. The predicted octanol–water partition coefficient (Wildman–Crippen LogP) is 5.39. The van der Waals surface area contributed by atoms with Crippen LogP contribution in [0.2, 0.25) is 0 Å². The zero-order chi connectivity index (χ0) is 24.2. The quantitative estimate of drug-likeness (QED) is 0.323. The summed E-state index contributed by atoms with van der Waals surface area (Å²) < 4.78 is 1.22. The summed E-state index contributed by atoms with van der Waals surface area (Å²) >= 11 is 0. The average molecular weight is 457 g/mol. The number of aromatic hydroxyl groups is 1. The highest BCUT2D eigenvalue weighted by Gasteiger charge is 2.14. The maximum atomic E-state index is 12.9. The number of phenolic OH excluding ortho intramolecular Hbond substituents is 1. The highest BCUT2D eigenvalue weighted by molar-refractivity contribution is 5.88. The molecule has 1 heterocycles. The van der Waals surface area contributed by atoms with Gasteiger partial charge in [-0.1, -0.05) is 42.5 Å². The lowest BCUT2D eigenvalue weighted by atomic mass is 10.00. The second kappa shape index (κ2) is 9.58. The number of nitrogens with zero attached hydrogens (tertiary/aromatic N) is 3. The van der Waals surface area contributed by atoms with E-state index in [-0.39, 0.29) is 22.7 Å². The smallest absolute Gasteiger partial charge is 0.335 e. The van der Waals surface area contributed by atoms with Crippen LogP contribution in [0.4, 0.5) is 11.4 Å². The molecule has 0 saturated heterocycles. The molecule has 0 aliphatic carbocycles. The normalized spacial score (nSPS) is 11.2. The van der Waals surface area contributed by atoms with Crippen LogP contribution < -0.4 is 5.56 Å². The van der Waals surface area contributed by atoms with Crippen LogP contribution in [0.1, 0.15) is 32.7 Å². The first-order valence-electron chi connectivity index (χ1n) is 10.8. The highest BCUT2D eigenvalue weighted by atomic mass is 16.4. The third-order valence-electron chi connectivity index (χ3n) is 5.67. The van der Waals surface area contributed by atoms with Gasteiger partial charge in [-0.2, -0.15) is 0 Å². The van der Waals surface area contributed by atoms with Crippen LogP contribution in [-0.2, 0) is 12.8 Å². The van der Waals surface area contributed by atoms with Crippen molar-refractivity contribution in [3.8, 4) is 11.4 Å². The largest absolute Gasteiger partial charge is 0.505 e. The van der Waals surface area contributed by atoms with Gasteiger partial charge >= 0.3 is 5.97 Å². The molecule has 3 aromatic carbocycles. The zero-order valence-electron chi connectivity index (χ0n) is 18.8. The van der Waals surface area contributed by atoms with Crippen molar-refractivity contribution in [1.29, 1.82) is 0 Å². The molecule has 0 aliphatic heterocycles. The van der Waals surface area contributed by atoms with Gasteiger partial charge < -0.3 is 10.2 Å². The summed E-state index contributed by atoms with van der Waals surface area (Å²) in [6, 6.07) is 19.4. The van der Waals surface area contributed by atoms with E-state index in [0.717, 1.165) is 12.0 Å². The number of carboxylic acids is 1. The molecular formula is C26H24N4O4. The van der Waals surface area contributed by atoms with Crippen LogP contribution in [0, 0.1) is 13.8 Å². The Balaban J connectivity index is 1.59.